The van der Waals surface area contributed by atoms with Crippen LogP contribution in [0.15, 0.2) is 24.3 Å². The van der Waals surface area contributed by atoms with Gasteiger partial charge in [0.15, 0.2) is 0 Å². The molecule has 0 saturated carbocycles. The van der Waals surface area contributed by atoms with E-state index in [1.807, 2.05) is 0 Å². The molecule has 20 heavy (non-hydrogen) atoms. The lowest BCUT2D eigenvalue weighted by atomic mass is 10.0. The number of hydrogen-bond acceptors (Lipinski definition) is 4. The zero-order chi connectivity index (χ0) is 15.3. The lowest BCUT2D eigenvalue weighted by Gasteiger charge is -2.18. The standard InChI is InChI=1S/C14H17NO5/c1-8(2)12(14(18)19)15-13(17)10-5-4-6-11(7-10)20-9(3)16/h4-8,12H,1-3H3,(H,15,17)(H,18,19)/t12-/m0/s1. The minimum absolute atomic E-state index is 0.232. The van der Waals surface area contributed by atoms with Gasteiger partial charge in [0.2, 0.25) is 0 Å². The Hall–Kier alpha value is -2.37. The number of amides is 1. The van der Waals surface area contributed by atoms with Gasteiger partial charge in [0.1, 0.15) is 11.8 Å². The van der Waals surface area contributed by atoms with Crippen molar-refractivity contribution in [1.82, 2.24) is 5.32 Å². The fraction of sp³-hybridized carbons (Fsp3) is 0.357. The molecule has 0 aliphatic heterocycles. The van der Waals surface area contributed by atoms with Crippen molar-refractivity contribution in [3.63, 3.8) is 0 Å². The van der Waals surface area contributed by atoms with E-state index in [2.05, 4.69) is 5.32 Å². The van der Waals surface area contributed by atoms with Gasteiger partial charge in [-0.15, -0.1) is 0 Å². The van der Waals surface area contributed by atoms with Gasteiger partial charge in [-0.2, -0.15) is 0 Å². The van der Waals surface area contributed by atoms with Crippen molar-refractivity contribution < 1.29 is 24.2 Å². The molecule has 2 N–H and O–H groups in total. The number of carboxylic acid groups (broad SMARTS) is 1. The van der Waals surface area contributed by atoms with Crippen LogP contribution in [-0.2, 0) is 9.59 Å². The van der Waals surface area contributed by atoms with Crippen LogP contribution in [0.5, 0.6) is 5.75 Å². The molecule has 1 atom stereocenters. The van der Waals surface area contributed by atoms with Gasteiger partial charge in [0, 0.05) is 12.5 Å². The Morgan fingerprint density at radius 2 is 1.90 bits per heavy atom. The Labute approximate surface area is 116 Å². The fourth-order valence-corrected chi connectivity index (χ4v) is 1.60. The van der Waals surface area contributed by atoms with Gasteiger partial charge in [-0.05, 0) is 24.1 Å². The van der Waals surface area contributed by atoms with Crippen molar-refractivity contribution in [2.45, 2.75) is 26.8 Å². The van der Waals surface area contributed by atoms with Crippen molar-refractivity contribution in [3.8, 4) is 5.75 Å². The number of ether oxygens (including phenoxy) is 1. The minimum atomic E-state index is -1.09. The molecule has 1 rings (SSSR count). The molecule has 0 unspecified atom stereocenters. The molecule has 0 fully saturated rings. The molecule has 0 aliphatic carbocycles. The third kappa shape index (κ3) is 4.38. The summed E-state index contributed by atoms with van der Waals surface area (Å²) in [5, 5.41) is 11.5. The minimum Gasteiger partial charge on any atom is -0.480 e. The molecule has 0 radical (unpaired) electrons. The van der Waals surface area contributed by atoms with Crippen LogP contribution < -0.4 is 10.1 Å². The van der Waals surface area contributed by atoms with E-state index >= 15 is 0 Å². The van der Waals surface area contributed by atoms with Gasteiger partial charge in [-0.1, -0.05) is 19.9 Å². The van der Waals surface area contributed by atoms with Crippen LogP contribution in [0.4, 0.5) is 0 Å². The average molecular weight is 279 g/mol. The molecule has 6 heteroatoms. The summed E-state index contributed by atoms with van der Waals surface area (Å²) < 4.78 is 4.87. The van der Waals surface area contributed by atoms with Gasteiger partial charge in [0.25, 0.3) is 5.91 Å². The molecule has 1 amide bonds. The number of carbonyl (C=O) groups excluding carboxylic acids is 2. The van der Waals surface area contributed by atoms with Crippen molar-refractivity contribution >= 4 is 17.8 Å². The highest BCUT2D eigenvalue weighted by Crippen LogP contribution is 2.14. The Morgan fingerprint density at radius 3 is 2.40 bits per heavy atom. The van der Waals surface area contributed by atoms with E-state index in [0.29, 0.717) is 0 Å². The largest absolute Gasteiger partial charge is 0.480 e. The monoisotopic (exact) mass is 279 g/mol. The Balaban J connectivity index is 2.86. The molecule has 6 nitrogen and oxygen atoms in total. The Morgan fingerprint density at radius 1 is 1.25 bits per heavy atom. The van der Waals surface area contributed by atoms with Crippen LogP contribution in [0.2, 0.25) is 0 Å². The molecule has 1 aromatic rings. The van der Waals surface area contributed by atoms with Crippen molar-refractivity contribution in [2.24, 2.45) is 5.92 Å². The van der Waals surface area contributed by atoms with Crippen LogP contribution in [-0.4, -0.2) is 29.0 Å². The lowest BCUT2D eigenvalue weighted by Crippen LogP contribution is -2.44. The Bertz CT molecular complexity index is 524. The predicted octanol–water partition coefficient (Wildman–Crippen LogP) is 1.45. The summed E-state index contributed by atoms with van der Waals surface area (Å²) in [6.07, 6.45) is 0. The number of carbonyl (C=O) groups is 3. The molecular formula is C14H17NO5. The predicted molar refractivity (Wildman–Crippen MR) is 71.5 cm³/mol. The third-order valence-electron chi connectivity index (χ3n) is 2.58. The first kappa shape index (κ1) is 15.7. The second-order valence-electron chi connectivity index (χ2n) is 4.65. The maximum absolute atomic E-state index is 12.0. The lowest BCUT2D eigenvalue weighted by molar-refractivity contribution is -0.140. The molecular weight excluding hydrogens is 262 g/mol. The molecule has 0 bridgehead atoms. The molecule has 108 valence electrons. The fourth-order valence-electron chi connectivity index (χ4n) is 1.60. The highest BCUT2D eigenvalue weighted by molar-refractivity contribution is 5.97. The van der Waals surface area contributed by atoms with Crippen LogP contribution in [0, 0.1) is 5.92 Å². The maximum atomic E-state index is 12.0. The number of rotatable bonds is 5. The molecule has 1 aromatic carbocycles. The zero-order valence-corrected chi connectivity index (χ0v) is 11.5. The van der Waals surface area contributed by atoms with E-state index < -0.39 is 23.9 Å². The summed E-state index contributed by atoms with van der Waals surface area (Å²) >= 11 is 0. The smallest absolute Gasteiger partial charge is 0.326 e. The van der Waals surface area contributed by atoms with Crippen molar-refractivity contribution in [1.29, 1.82) is 0 Å². The quantitative estimate of drug-likeness (QED) is 0.628. The second-order valence-corrected chi connectivity index (χ2v) is 4.65. The Kier molecular flexibility index (Phi) is 5.25. The first-order valence-electron chi connectivity index (χ1n) is 6.13. The molecule has 0 saturated heterocycles. The summed E-state index contributed by atoms with van der Waals surface area (Å²) in [6.45, 7) is 4.66. The first-order valence-corrected chi connectivity index (χ1v) is 6.13. The number of nitrogens with one attached hydrogen (secondary N) is 1. The maximum Gasteiger partial charge on any atom is 0.326 e. The summed E-state index contributed by atoms with van der Waals surface area (Å²) in [6, 6.07) is 5.02. The number of benzene rings is 1. The first-order chi connectivity index (χ1) is 9.31. The van der Waals surface area contributed by atoms with E-state index in [9.17, 15) is 14.4 Å². The number of aliphatic carboxylic acids is 1. The SMILES string of the molecule is CC(=O)Oc1cccc(C(=O)N[C@H](C(=O)O)C(C)C)c1. The molecule has 0 heterocycles. The van der Waals surface area contributed by atoms with Gasteiger partial charge < -0.3 is 15.2 Å². The molecule has 0 spiro atoms. The molecule has 0 aliphatic rings. The van der Waals surface area contributed by atoms with E-state index in [-0.39, 0.29) is 17.2 Å². The van der Waals surface area contributed by atoms with E-state index in [4.69, 9.17) is 9.84 Å². The van der Waals surface area contributed by atoms with Crippen LogP contribution in [0.25, 0.3) is 0 Å². The summed E-state index contributed by atoms with van der Waals surface area (Å²) in [5.41, 5.74) is 0.232. The van der Waals surface area contributed by atoms with E-state index in [1.54, 1.807) is 19.9 Å². The zero-order valence-electron chi connectivity index (χ0n) is 11.5. The number of carboxylic acids is 1. The van der Waals surface area contributed by atoms with Crippen LogP contribution in [0.1, 0.15) is 31.1 Å². The summed E-state index contributed by atoms with van der Waals surface area (Å²) in [4.78, 5) is 33.9. The van der Waals surface area contributed by atoms with Gasteiger partial charge in [0.05, 0.1) is 0 Å². The van der Waals surface area contributed by atoms with Crippen LogP contribution in [0.3, 0.4) is 0 Å². The highest BCUT2D eigenvalue weighted by atomic mass is 16.5. The van der Waals surface area contributed by atoms with Crippen molar-refractivity contribution in [2.75, 3.05) is 0 Å². The van der Waals surface area contributed by atoms with Crippen molar-refractivity contribution in [3.05, 3.63) is 29.8 Å². The summed E-state index contributed by atoms with van der Waals surface area (Å²) in [7, 11) is 0. The van der Waals surface area contributed by atoms with Gasteiger partial charge in [-0.25, -0.2) is 4.79 Å². The van der Waals surface area contributed by atoms with E-state index in [1.165, 1.54) is 25.1 Å². The number of esters is 1. The average Bonchev–Trinajstić information content (AvgIpc) is 2.34. The van der Waals surface area contributed by atoms with Gasteiger partial charge in [-0.3, -0.25) is 9.59 Å². The van der Waals surface area contributed by atoms with E-state index in [0.717, 1.165) is 0 Å². The van der Waals surface area contributed by atoms with Crippen LogP contribution >= 0.6 is 0 Å². The third-order valence-corrected chi connectivity index (χ3v) is 2.58. The highest BCUT2D eigenvalue weighted by Gasteiger charge is 2.24. The molecule has 0 aromatic heterocycles. The number of hydrogen-bond donors (Lipinski definition) is 2. The summed E-state index contributed by atoms with van der Waals surface area (Å²) in [5.74, 6) is -2.12. The normalized spacial score (nSPS) is 11.8. The second kappa shape index (κ2) is 6.70. The topological polar surface area (TPSA) is 92.7 Å². The van der Waals surface area contributed by atoms with Gasteiger partial charge >= 0.3 is 11.9 Å².